The van der Waals surface area contributed by atoms with Gasteiger partial charge in [0.15, 0.2) is 0 Å². The Morgan fingerprint density at radius 2 is 2.05 bits per heavy atom. The van der Waals surface area contributed by atoms with Crippen molar-refractivity contribution in [3.8, 4) is 5.75 Å². The number of methoxy groups -OCH3 is 1. The van der Waals surface area contributed by atoms with Crippen LogP contribution in [-0.4, -0.2) is 30.3 Å². The Morgan fingerprint density at radius 1 is 1.38 bits per heavy atom. The molecular formula is C17H23NO3. The number of benzene rings is 1. The number of amides is 1. The lowest BCUT2D eigenvalue weighted by molar-refractivity contribution is -0.117. The van der Waals surface area contributed by atoms with E-state index in [0.717, 1.165) is 42.6 Å². The first-order valence-corrected chi connectivity index (χ1v) is 7.36. The quantitative estimate of drug-likeness (QED) is 0.819. The van der Waals surface area contributed by atoms with Crippen molar-refractivity contribution in [2.75, 3.05) is 13.7 Å². The topological polar surface area (TPSA) is 58.6 Å². The van der Waals surface area contributed by atoms with Crippen LogP contribution in [0.3, 0.4) is 0 Å². The van der Waals surface area contributed by atoms with Crippen molar-refractivity contribution in [3.63, 3.8) is 0 Å². The van der Waals surface area contributed by atoms with Gasteiger partial charge in [0, 0.05) is 18.2 Å². The number of allylic oxidation sites excluding steroid dienone is 1. The number of hydrogen-bond donors (Lipinski definition) is 2. The number of nitrogens with one attached hydrogen (secondary N) is 1. The van der Waals surface area contributed by atoms with E-state index in [9.17, 15) is 9.90 Å². The van der Waals surface area contributed by atoms with Gasteiger partial charge in [0.1, 0.15) is 5.75 Å². The highest BCUT2D eigenvalue weighted by Crippen LogP contribution is 2.28. The van der Waals surface area contributed by atoms with Crippen molar-refractivity contribution in [3.05, 3.63) is 35.9 Å². The first-order valence-electron chi connectivity index (χ1n) is 7.36. The van der Waals surface area contributed by atoms with Crippen LogP contribution in [0.4, 0.5) is 0 Å². The van der Waals surface area contributed by atoms with Gasteiger partial charge < -0.3 is 15.2 Å². The smallest absolute Gasteiger partial charge is 0.244 e. The predicted molar refractivity (Wildman–Crippen MR) is 83.1 cm³/mol. The first kappa shape index (κ1) is 15.6. The zero-order valence-corrected chi connectivity index (χ0v) is 12.7. The van der Waals surface area contributed by atoms with Crippen molar-refractivity contribution < 1.29 is 14.6 Å². The Morgan fingerprint density at radius 3 is 2.71 bits per heavy atom. The van der Waals surface area contributed by atoms with E-state index in [2.05, 4.69) is 5.32 Å². The van der Waals surface area contributed by atoms with Gasteiger partial charge in [-0.25, -0.2) is 0 Å². The summed E-state index contributed by atoms with van der Waals surface area (Å²) in [6, 6.07) is 7.59. The molecule has 4 nitrogen and oxygen atoms in total. The molecule has 2 N–H and O–H groups in total. The van der Waals surface area contributed by atoms with Crippen molar-refractivity contribution in [2.45, 2.75) is 38.2 Å². The average Bonchev–Trinajstić information content (AvgIpc) is 2.92. The van der Waals surface area contributed by atoms with E-state index in [1.54, 1.807) is 13.2 Å². The standard InChI is InChI=1S/C17H23NO3/c1-13(14-7-3-4-8-15(14)21-2)11-16(19)18-12-17(20)9-5-6-10-17/h3-4,7-8,11,20H,5-6,9-10,12H2,1-2H3,(H,18,19)/b13-11+. The first-order chi connectivity index (χ1) is 10.0. The Bertz CT molecular complexity index is 531. The molecule has 4 heteroatoms. The fourth-order valence-electron chi connectivity index (χ4n) is 2.76. The van der Waals surface area contributed by atoms with Crippen molar-refractivity contribution in [2.24, 2.45) is 0 Å². The predicted octanol–water partition coefficient (Wildman–Crippen LogP) is 2.52. The van der Waals surface area contributed by atoms with Crippen molar-refractivity contribution >= 4 is 11.5 Å². The van der Waals surface area contributed by atoms with Gasteiger partial charge in [-0.1, -0.05) is 31.0 Å². The van der Waals surface area contributed by atoms with Crippen LogP contribution in [-0.2, 0) is 4.79 Å². The van der Waals surface area contributed by atoms with Crippen LogP contribution >= 0.6 is 0 Å². The number of hydrogen-bond acceptors (Lipinski definition) is 3. The highest BCUT2D eigenvalue weighted by Gasteiger charge is 2.31. The number of carbonyl (C=O) groups excluding carboxylic acids is 1. The summed E-state index contributed by atoms with van der Waals surface area (Å²) in [5, 5.41) is 13.0. The maximum Gasteiger partial charge on any atom is 0.244 e. The molecule has 0 bridgehead atoms. The molecule has 21 heavy (non-hydrogen) atoms. The van der Waals surface area contributed by atoms with E-state index < -0.39 is 5.60 Å². The molecular weight excluding hydrogens is 266 g/mol. The molecule has 0 atom stereocenters. The van der Waals surface area contributed by atoms with Gasteiger partial charge >= 0.3 is 0 Å². The lowest BCUT2D eigenvalue weighted by Gasteiger charge is -2.21. The largest absolute Gasteiger partial charge is 0.496 e. The second kappa shape index (κ2) is 6.76. The molecule has 0 heterocycles. The number of rotatable bonds is 5. The summed E-state index contributed by atoms with van der Waals surface area (Å²) in [5.74, 6) is 0.562. The second-order valence-electron chi connectivity index (χ2n) is 5.68. The van der Waals surface area contributed by atoms with Crippen LogP contribution in [0.1, 0.15) is 38.2 Å². The Balaban J connectivity index is 1.99. The summed E-state index contributed by atoms with van der Waals surface area (Å²) < 4.78 is 5.29. The highest BCUT2D eigenvalue weighted by atomic mass is 16.5. The lowest BCUT2D eigenvalue weighted by atomic mass is 10.0. The lowest BCUT2D eigenvalue weighted by Crippen LogP contribution is -2.40. The third-order valence-corrected chi connectivity index (χ3v) is 4.01. The molecule has 0 aromatic heterocycles. The van der Waals surface area contributed by atoms with Gasteiger partial charge in [-0.3, -0.25) is 4.79 Å². The van der Waals surface area contributed by atoms with Crippen LogP contribution in [0.15, 0.2) is 30.3 Å². The Kier molecular flexibility index (Phi) is 5.02. The zero-order valence-electron chi connectivity index (χ0n) is 12.7. The monoisotopic (exact) mass is 289 g/mol. The van der Waals surface area contributed by atoms with E-state index in [1.807, 2.05) is 31.2 Å². The van der Waals surface area contributed by atoms with Gasteiger partial charge in [-0.2, -0.15) is 0 Å². The van der Waals surface area contributed by atoms with E-state index >= 15 is 0 Å². The number of carbonyl (C=O) groups is 1. The third kappa shape index (κ3) is 4.08. The van der Waals surface area contributed by atoms with Crippen molar-refractivity contribution in [1.82, 2.24) is 5.32 Å². The summed E-state index contributed by atoms with van der Waals surface area (Å²) in [6.45, 7) is 2.20. The van der Waals surface area contributed by atoms with E-state index in [-0.39, 0.29) is 5.91 Å². The average molecular weight is 289 g/mol. The third-order valence-electron chi connectivity index (χ3n) is 4.01. The maximum absolute atomic E-state index is 12.0. The Labute approximate surface area is 125 Å². The van der Waals surface area contributed by atoms with Gasteiger partial charge in [-0.05, 0) is 31.4 Å². The summed E-state index contributed by atoms with van der Waals surface area (Å²) in [6.07, 6.45) is 5.14. The maximum atomic E-state index is 12.0. The molecule has 0 radical (unpaired) electrons. The molecule has 114 valence electrons. The van der Waals surface area contributed by atoms with Gasteiger partial charge in [0.25, 0.3) is 0 Å². The molecule has 0 spiro atoms. The van der Waals surface area contributed by atoms with E-state index in [4.69, 9.17) is 4.74 Å². The molecule has 1 fully saturated rings. The SMILES string of the molecule is COc1ccccc1/C(C)=C/C(=O)NCC1(O)CCCC1. The molecule has 2 rings (SSSR count). The van der Waals surface area contributed by atoms with Gasteiger partial charge in [0.2, 0.25) is 5.91 Å². The number of ether oxygens (including phenoxy) is 1. The minimum absolute atomic E-state index is 0.182. The van der Waals surface area contributed by atoms with Gasteiger partial charge in [-0.15, -0.1) is 0 Å². The van der Waals surface area contributed by atoms with Crippen LogP contribution < -0.4 is 10.1 Å². The van der Waals surface area contributed by atoms with Crippen LogP contribution in [0, 0.1) is 0 Å². The molecule has 1 aliphatic carbocycles. The van der Waals surface area contributed by atoms with Crippen LogP contribution in [0.5, 0.6) is 5.75 Å². The minimum Gasteiger partial charge on any atom is -0.496 e. The highest BCUT2D eigenvalue weighted by molar-refractivity contribution is 5.95. The van der Waals surface area contributed by atoms with Crippen LogP contribution in [0.25, 0.3) is 5.57 Å². The Hall–Kier alpha value is -1.81. The molecule has 1 aromatic rings. The molecule has 1 aliphatic rings. The summed E-state index contributed by atoms with van der Waals surface area (Å²) in [4.78, 5) is 12.0. The molecule has 1 amide bonds. The van der Waals surface area contributed by atoms with E-state index in [1.165, 1.54) is 0 Å². The molecule has 1 aromatic carbocycles. The zero-order chi connectivity index (χ0) is 15.3. The van der Waals surface area contributed by atoms with E-state index in [0.29, 0.717) is 6.54 Å². The molecule has 1 saturated carbocycles. The minimum atomic E-state index is -0.720. The molecule has 0 unspecified atom stereocenters. The van der Waals surface area contributed by atoms with Crippen LogP contribution in [0.2, 0.25) is 0 Å². The molecule has 0 saturated heterocycles. The summed E-state index contributed by atoms with van der Waals surface area (Å²) in [7, 11) is 1.61. The fraction of sp³-hybridized carbons (Fsp3) is 0.471. The number of para-hydroxylation sites is 1. The van der Waals surface area contributed by atoms with Crippen molar-refractivity contribution in [1.29, 1.82) is 0 Å². The molecule has 0 aliphatic heterocycles. The number of aliphatic hydroxyl groups is 1. The fourth-order valence-corrected chi connectivity index (χ4v) is 2.76. The summed E-state index contributed by atoms with van der Waals surface area (Å²) in [5.41, 5.74) is 1.01. The second-order valence-corrected chi connectivity index (χ2v) is 5.68. The van der Waals surface area contributed by atoms with Gasteiger partial charge in [0.05, 0.1) is 12.7 Å². The summed E-state index contributed by atoms with van der Waals surface area (Å²) >= 11 is 0. The normalized spacial score (nSPS) is 17.6.